The van der Waals surface area contributed by atoms with Crippen LogP contribution in [-0.2, 0) is 5.41 Å². The van der Waals surface area contributed by atoms with Crippen LogP contribution in [0, 0.1) is 0 Å². The molecule has 10 aromatic carbocycles. The van der Waals surface area contributed by atoms with Gasteiger partial charge in [0.15, 0.2) is 0 Å². The second kappa shape index (κ2) is 14.8. The van der Waals surface area contributed by atoms with E-state index in [1.807, 2.05) is 0 Å². The van der Waals surface area contributed by atoms with E-state index in [0.29, 0.717) is 0 Å². The van der Waals surface area contributed by atoms with Gasteiger partial charge in [0.25, 0.3) is 0 Å². The zero-order valence-electron chi connectivity index (χ0n) is 36.7. The molecule has 2 heterocycles. The first-order valence-electron chi connectivity index (χ1n) is 22.8. The third-order valence-corrected chi connectivity index (χ3v) is 14.0. The molecule has 66 heavy (non-hydrogen) atoms. The van der Waals surface area contributed by atoms with Crippen molar-refractivity contribution >= 4 is 60.8 Å². The molecule has 0 aliphatic heterocycles. The molecule has 312 valence electrons. The van der Waals surface area contributed by atoms with Crippen LogP contribution < -0.4 is 4.90 Å². The lowest BCUT2D eigenvalue weighted by atomic mass is 9.82. The number of rotatable bonds is 7. The third kappa shape index (κ3) is 5.90. The van der Waals surface area contributed by atoms with E-state index in [1.54, 1.807) is 0 Å². The zero-order valence-corrected chi connectivity index (χ0v) is 36.7. The predicted molar refractivity (Wildman–Crippen MR) is 277 cm³/mol. The van der Waals surface area contributed by atoms with Crippen LogP contribution in [0.25, 0.3) is 93.9 Å². The molecule has 0 atom stereocenters. The largest absolute Gasteiger partial charge is 0.455 e. The van der Waals surface area contributed by atoms with Crippen LogP contribution >= 0.6 is 0 Å². The lowest BCUT2D eigenvalue weighted by molar-refractivity contribution is 0.660. The van der Waals surface area contributed by atoms with E-state index in [4.69, 9.17) is 4.42 Å². The Morgan fingerprint density at radius 3 is 1.62 bits per heavy atom. The second-order valence-corrected chi connectivity index (χ2v) is 18.1. The van der Waals surface area contributed by atoms with Crippen molar-refractivity contribution in [2.45, 2.75) is 19.3 Å². The molecular formula is C63H44N2O. The molecule has 3 nitrogen and oxygen atoms in total. The molecule has 0 radical (unpaired) electrons. The first-order chi connectivity index (χ1) is 32.5. The van der Waals surface area contributed by atoms with Gasteiger partial charge < -0.3 is 13.9 Å². The van der Waals surface area contributed by atoms with Crippen molar-refractivity contribution in [2.24, 2.45) is 0 Å². The number of para-hydroxylation sites is 2. The SMILES string of the molecule is CC1(C)c2ccccc2-c2ccc(N(c3ccc(-c4ccccc4)cc3)c3ccc(-c4cc5c6ccccc6n(-c6ccc(-c7ccccc7)cc6)c5c5c4oc4ccccc45)cc3)cc21. The Bertz CT molecular complexity index is 3800. The maximum Gasteiger partial charge on any atom is 0.145 e. The van der Waals surface area contributed by atoms with Crippen LogP contribution in [-0.4, -0.2) is 4.57 Å². The summed E-state index contributed by atoms with van der Waals surface area (Å²) in [5.41, 5.74) is 20.7. The Balaban J connectivity index is 0.974. The summed E-state index contributed by atoms with van der Waals surface area (Å²) < 4.78 is 9.36. The lowest BCUT2D eigenvalue weighted by Gasteiger charge is -2.28. The normalized spacial score (nSPS) is 12.8. The molecule has 0 N–H and O–H groups in total. The zero-order chi connectivity index (χ0) is 43.9. The van der Waals surface area contributed by atoms with Gasteiger partial charge in [-0.25, -0.2) is 0 Å². The van der Waals surface area contributed by atoms with Crippen LogP contribution in [0.2, 0.25) is 0 Å². The Kier molecular flexibility index (Phi) is 8.56. The summed E-state index contributed by atoms with van der Waals surface area (Å²) in [5, 5.41) is 4.62. The average molecular weight is 845 g/mol. The minimum Gasteiger partial charge on any atom is -0.455 e. The Labute approximate surface area is 384 Å². The number of hydrogen-bond donors (Lipinski definition) is 0. The minimum absolute atomic E-state index is 0.125. The van der Waals surface area contributed by atoms with E-state index >= 15 is 0 Å². The first kappa shape index (κ1) is 38.1. The van der Waals surface area contributed by atoms with E-state index in [9.17, 15) is 0 Å². The Hall–Kier alpha value is -8.40. The topological polar surface area (TPSA) is 21.3 Å². The highest BCUT2D eigenvalue weighted by Crippen LogP contribution is 2.51. The van der Waals surface area contributed by atoms with Crippen molar-refractivity contribution < 1.29 is 4.42 Å². The van der Waals surface area contributed by atoms with E-state index in [1.165, 1.54) is 55.3 Å². The highest BCUT2D eigenvalue weighted by atomic mass is 16.3. The molecule has 0 saturated carbocycles. The van der Waals surface area contributed by atoms with Crippen LogP contribution in [0.3, 0.4) is 0 Å². The van der Waals surface area contributed by atoms with Gasteiger partial charge in [0.1, 0.15) is 11.2 Å². The molecule has 0 fully saturated rings. The van der Waals surface area contributed by atoms with Crippen LogP contribution in [0.5, 0.6) is 0 Å². The number of anilines is 3. The van der Waals surface area contributed by atoms with Gasteiger partial charge in [-0.15, -0.1) is 0 Å². The Morgan fingerprint density at radius 1 is 0.394 bits per heavy atom. The van der Waals surface area contributed by atoms with E-state index < -0.39 is 0 Å². The summed E-state index contributed by atoms with van der Waals surface area (Å²) in [6, 6.07) is 83.7. The van der Waals surface area contributed by atoms with Crippen molar-refractivity contribution in [2.75, 3.05) is 4.90 Å². The molecule has 12 aromatic rings. The summed E-state index contributed by atoms with van der Waals surface area (Å²) >= 11 is 0. The van der Waals surface area contributed by atoms with E-state index in [0.717, 1.165) is 66.8 Å². The van der Waals surface area contributed by atoms with Crippen molar-refractivity contribution in [1.82, 2.24) is 4.57 Å². The number of nitrogens with zero attached hydrogens (tertiary/aromatic N) is 2. The van der Waals surface area contributed by atoms with Gasteiger partial charge in [-0.05, 0) is 117 Å². The fraction of sp³-hybridized carbons (Fsp3) is 0.0476. The quantitative estimate of drug-likeness (QED) is 0.159. The number of fused-ring (bicyclic) bond motifs is 10. The smallest absolute Gasteiger partial charge is 0.145 e. The van der Waals surface area contributed by atoms with Crippen molar-refractivity contribution in [3.05, 3.63) is 242 Å². The van der Waals surface area contributed by atoms with E-state index in [2.05, 4.69) is 254 Å². The number of furan rings is 1. The molecule has 0 amide bonds. The minimum atomic E-state index is -0.125. The molecule has 2 aromatic heterocycles. The Morgan fingerprint density at radius 2 is 0.924 bits per heavy atom. The maximum atomic E-state index is 6.94. The van der Waals surface area contributed by atoms with Crippen molar-refractivity contribution in [1.29, 1.82) is 0 Å². The van der Waals surface area contributed by atoms with Gasteiger partial charge >= 0.3 is 0 Å². The molecule has 3 heteroatoms. The van der Waals surface area contributed by atoms with Crippen molar-refractivity contribution in [3.8, 4) is 50.2 Å². The molecule has 0 unspecified atom stereocenters. The fourth-order valence-corrected chi connectivity index (χ4v) is 10.8. The van der Waals surface area contributed by atoms with Crippen LogP contribution in [0.1, 0.15) is 25.0 Å². The van der Waals surface area contributed by atoms with Gasteiger partial charge in [-0.3, -0.25) is 0 Å². The maximum absolute atomic E-state index is 6.94. The summed E-state index contributed by atoms with van der Waals surface area (Å²) in [5.74, 6) is 0. The number of hydrogen-bond acceptors (Lipinski definition) is 2. The van der Waals surface area contributed by atoms with Crippen molar-refractivity contribution in [3.63, 3.8) is 0 Å². The highest BCUT2D eigenvalue weighted by Gasteiger charge is 2.36. The highest BCUT2D eigenvalue weighted by molar-refractivity contribution is 6.27. The lowest BCUT2D eigenvalue weighted by Crippen LogP contribution is -2.16. The van der Waals surface area contributed by atoms with Crippen LogP contribution in [0.4, 0.5) is 17.1 Å². The van der Waals surface area contributed by atoms with Gasteiger partial charge in [0.05, 0.1) is 16.4 Å². The monoisotopic (exact) mass is 844 g/mol. The predicted octanol–water partition coefficient (Wildman–Crippen LogP) is 17.5. The average Bonchev–Trinajstić information content (AvgIpc) is 4.00. The molecular weight excluding hydrogens is 801 g/mol. The molecule has 1 aliphatic rings. The fourth-order valence-electron chi connectivity index (χ4n) is 10.8. The van der Waals surface area contributed by atoms with Gasteiger partial charge in [0.2, 0.25) is 0 Å². The van der Waals surface area contributed by atoms with Crippen LogP contribution in [0.15, 0.2) is 235 Å². The summed E-state index contributed by atoms with van der Waals surface area (Å²) in [6.07, 6.45) is 0. The summed E-state index contributed by atoms with van der Waals surface area (Å²) in [6.45, 7) is 4.70. The van der Waals surface area contributed by atoms with Gasteiger partial charge in [-0.1, -0.05) is 178 Å². The van der Waals surface area contributed by atoms with E-state index in [-0.39, 0.29) is 5.41 Å². The third-order valence-electron chi connectivity index (χ3n) is 14.0. The molecule has 0 bridgehead atoms. The molecule has 0 saturated heterocycles. The molecule has 0 spiro atoms. The van der Waals surface area contributed by atoms with Gasteiger partial charge in [0, 0.05) is 49.9 Å². The first-order valence-corrected chi connectivity index (χ1v) is 22.8. The molecule has 1 aliphatic carbocycles. The summed E-state index contributed by atoms with van der Waals surface area (Å²) in [4.78, 5) is 2.40. The number of aromatic nitrogens is 1. The van der Waals surface area contributed by atoms with Gasteiger partial charge in [-0.2, -0.15) is 0 Å². The standard InChI is InChI=1S/C63H44N2O/c1-63(2)56-22-12-9-19-50(56)51-38-37-49(39-57(51)63)64(46-31-25-43(26-32-46)41-15-5-3-6-16-41)47-35-29-45(30-36-47)54-40-55-52-20-10-13-23-58(52)65(48-33-27-44(28-34-48)42-17-7-4-8-18-42)61(55)60-53-21-11-14-24-59(53)66-62(54)60/h3-40H,1-2H3. The second-order valence-electron chi connectivity index (χ2n) is 18.1. The number of benzene rings is 10. The summed E-state index contributed by atoms with van der Waals surface area (Å²) in [7, 11) is 0. The molecule has 13 rings (SSSR count).